The van der Waals surface area contributed by atoms with Crippen molar-refractivity contribution in [2.24, 2.45) is 0 Å². The average Bonchev–Trinajstić information content (AvgIpc) is 3.10. The van der Waals surface area contributed by atoms with Gasteiger partial charge in [-0.3, -0.25) is 15.0 Å². The molecule has 4 rings (SSSR count). The molecule has 1 aliphatic rings. The van der Waals surface area contributed by atoms with Gasteiger partial charge in [0.05, 0.1) is 11.9 Å². The van der Waals surface area contributed by atoms with Gasteiger partial charge in [-0.25, -0.2) is 0 Å². The normalized spacial score (nSPS) is 16.2. The smallest absolute Gasteiger partial charge is 0.161 e. The van der Waals surface area contributed by atoms with Crippen LogP contribution in [0.25, 0.3) is 11.3 Å². The van der Waals surface area contributed by atoms with E-state index < -0.39 is 0 Å². The number of ether oxygens (including phenoxy) is 2. The lowest BCUT2D eigenvalue weighted by atomic mass is 10.1. The zero-order valence-electron chi connectivity index (χ0n) is 14.1. The maximum absolute atomic E-state index is 6.04. The lowest BCUT2D eigenvalue weighted by molar-refractivity contribution is 0.0638. The number of likely N-dealkylation sites (N-methyl/N-ethyl adjacent to an activating group) is 1. The average molecular weight is 336 g/mol. The van der Waals surface area contributed by atoms with Gasteiger partial charge in [-0.2, -0.15) is 5.10 Å². The molecular formula is C19H20N4O2. The Labute approximate surface area is 146 Å². The molecule has 0 spiro atoms. The number of aromatic amines is 1. The molecule has 25 heavy (non-hydrogen) atoms. The van der Waals surface area contributed by atoms with E-state index in [4.69, 9.17) is 9.47 Å². The molecule has 3 heterocycles. The summed E-state index contributed by atoms with van der Waals surface area (Å²) in [5.41, 5.74) is 3.17. The highest BCUT2D eigenvalue weighted by atomic mass is 16.6. The van der Waals surface area contributed by atoms with Gasteiger partial charge in [0.15, 0.2) is 11.5 Å². The Kier molecular flexibility index (Phi) is 4.35. The zero-order valence-corrected chi connectivity index (χ0v) is 14.1. The highest BCUT2D eigenvalue weighted by Gasteiger charge is 2.22. The zero-order chi connectivity index (χ0) is 17.1. The van der Waals surface area contributed by atoms with Crippen molar-refractivity contribution in [2.45, 2.75) is 12.6 Å². The number of fused-ring (bicyclic) bond motifs is 1. The molecule has 1 aromatic carbocycles. The Bertz CT molecular complexity index is 834. The van der Waals surface area contributed by atoms with Crippen LogP contribution in [0.1, 0.15) is 5.56 Å². The number of rotatable bonds is 5. The van der Waals surface area contributed by atoms with Gasteiger partial charge in [0.1, 0.15) is 12.7 Å². The molecule has 3 aromatic rings. The van der Waals surface area contributed by atoms with Gasteiger partial charge in [-0.15, -0.1) is 0 Å². The molecule has 6 heteroatoms. The summed E-state index contributed by atoms with van der Waals surface area (Å²) in [6, 6.07) is 11.7. The minimum Gasteiger partial charge on any atom is -0.486 e. The predicted molar refractivity (Wildman–Crippen MR) is 94.5 cm³/mol. The van der Waals surface area contributed by atoms with Crippen molar-refractivity contribution in [1.29, 1.82) is 0 Å². The molecule has 0 amide bonds. The molecule has 0 saturated heterocycles. The van der Waals surface area contributed by atoms with Gasteiger partial charge in [-0.05, 0) is 31.3 Å². The standard InChI is InChI=1S/C19H20N4O2/c1-23(12-16-13-24-17-6-2-3-7-18(17)25-16)11-15-10-21-22-19(15)14-5-4-8-20-9-14/h2-10,16H,11-13H2,1H3,(H,21,22). The van der Waals surface area contributed by atoms with Crippen LogP contribution in [0, 0.1) is 0 Å². The van der Waals surface area contributed by atoms with Crippen molar-refractivity contribution in [3.63, 3.8) is 0 Å². The Balaban J connectivity index is 1.41. The van der Waals surface area contributed by atoms with E-state index in [1.54, 1.807) is 6.20 Å². The summed E-state index contributed by atoms with van der Waals surface area (Å²) in [5.74, 6) is 1.63. The summed E-state index contributed by atoms with van der Waals surface area (Å²) in [6.07, 6.45) is 5.48. The van der Waals surface area contributed by atoms with Crippen LogP contribution in [-0.4, -0.2) is 46.4 Å². The third kappa shape index (κ3) is 3.49. The fourth-order valence-electron chi connectivity index (χ4n) is 3.05. The molecule has 1 aliphatic heterocycles. The van der Waals surface area contributed by atoms with E-state index in [2.05, 4.69) is 27.1 Å². The molecule has 0 saturated carbocycles. The Hall–Kier alpha value is -2.86. The van der Waals surface area contributed by atoms with Crippen molar-refractivity contribution in [1.82, 2.24) is 20.1 Å². The number of nitrogens with zero attached hydrogens (tertiary/aromatic N) is 3. The fraction of sp³-hybridized carbons (Fsp3) is 0.263. The Morgan fingerprint density at radius 2 is 2.04 bits per heavy atom. The van der Waals surface area contributed by atoms with E-state index in [0.29, 0.717) is 6.61 Å². The molecular weight excluding hydrogens is 316 g/mol. The van der Waals surface area contributed by atoms with E-state index in [1.807, 2.05) is 48.8 Å². The summed E-state index contributed by atoms with van der Waals surface area (Å²) in [4.78, 5) is 6.39. The summed E-state index contributed by atoms with van der Waals surface area (Å²) >= 11 is 0. The molecule has 1 unspecified atom stereocenters. The molecule has 0 aliphatic carbocycles. The third-order valence-electron chi connectivity index (χ3n) is 4.19. The molecule has 0 bridgehead atoms. The minimum atomic E-state index is 0.00800. The second-order valence-electron chi connectivity index (χ2n) is 6.21. The van der Waals surface area contributed by atoms with Crippen LogP contribution in [0.4, 0.5) is 0 Å². The van der Waals surface area contributed by atoms with E-state index in [0.717, 1.165) is 41.4 Å². The SMILES string of the molecule is CN(Cc1cn[nH]c1-c1cccnc1)CC1COc2ccccc2O1. The first kappa shape index (κ1) is 15.7. The van der Waals surface area contributed by atoms with Gasteiger partial charge in [0, 0.05) is 36.6 Å². The van der Waals surface area contributed by atoms with Crippen molar-refractivity contribution in [3.05, 3.63) is 60.6 Å². The quantitative estimate of drug-likeness (QED) is 0.776. The fourth-order valence-corrected chi connectivity index (χ4v) is 3.05. The van der Waals surface area contributed by atoms with Gasteiger partial charge in [-0.1, -0.05) is 12.1 Å². The molecule has 1 N–H and O–H groups in total. The van der Waals surface area contributed by atoms with E-state index in [1.165, 1.54) is 0 Å². The monoisotopic (exact) mass is 336 g/mol. The molecule has 128 valence electrons. The van der Waals surface area contributed by atoms with E-state index in [9.17, 15) is 0 Å². The first-order chi connectivity index (χ1) is 12.3. The number of nitrogens with one attached hydrogen (secondary N) is 1. The molecule has 6 nitrogen and oxygen atoms in total. The summed E-state index contributed by atoms with van der Waals surface area (Å²) in [7, 11) is 2.07. The lowest BCUT2D eigenvalue weighted by Crippen LogP contribution is -2.39. The second kappa shape index (κ2) is 6.94. The van der Waals surface area contributed by atoms with Crippen LogP contribution in [0.5, 0.6) is 11.5 Å². The summed E-state index contributed by atoms with van der Waals surface area (Å²) < 4.78 is 11.8. The topological polar surface area (TPSA) is 63.3 Å². The number of aromatic nitrogens is 3. The van der Waals surface area contributed by atoms with Crippen LogP contribution in [0.2, 0.25) is 0 Å². The van der Waals surface area contributed by atoms with E-state index >= 15 is 0 Å². The number of hydrogen-bond donors (Lipinski definition) is 1. The maximum atomic E-state index is 6.04. The number of para-hydroxylation sites is 2. The number of pyridine rings is 1. The highest BCUT2D eigenvalue weighted by Crippen LogP contribution is 2.31. The highest BCUT2D eigenvalue weighted by molar-refractivity contribution is 5.61. The van der Waals surface area contributed by atoms with Gasteiger partial charge < -0.3 is 9.47 Å². The van der Waals surface area contributed by atoms with Crippen LogP contribution in [0.15, 0.2) is 55.0 Å². The van der Waals surface area contributed by atoms with Crippen molar-refractivity contribution in [2.75, 3.05) is 20.2 Å². The Morgan fingerprint density at radius 3 is 2.88 bits per heavy atom. The van der Waals surface area contributed by atoms with Crippen molar-refractivity contribution >= 4 is 0 Å². The maximum Gasteiger partial charge on any atom is 0.161 e. The van der Waals surface area contributed by atoms with Gasteiger partial charge in [0.2, 0.25) is 0 Å². The largest absolute Gasteiger partial charge is 0.486 e. The number of benzene rings is 1. The van der Waals surface area contributed by atoms with Crippen LogP contribution in [0.3, 0.4) is 0 Å². The predicted octanol–water partition coefficient (Wildman–Crippen LogP) is 2.74. The lowest BCUT2D eigenvalue weighted by Gasteiger charge is -2.29. The van der Waals surface area contributed by atoms with Crippen molar-refractivity contribution in [3.8, 4) is 22.8 Å². The first-order valence-corrected chi connectivity index (χ1v) is 8.29. The van der Waals surface area contributed by atoms with Crippen LogP contribution >= 0.6 is 0 Å². The van der Waals surface area contributed by atoms with Gasteiger partial charge in [0.25, 0.3) is 0 Å². The first-order valence-electron chi connectivity index (χ1n) is 8.29. The molecule has 1 atom stereocenters. The third-order valence-corrected chi connectivity index (χ3v) is 4.19. The van der Waals surface area contributed by atoms with Crippen LogP contribution in [-0.2, 0) is 6.54 Å². The summed E-state index contributed by atoms with van der Waals surface area (Å²) in [5, 5.41) is 7.26. The molecule has 0 radical (unpaired) electrons. The van der Waals surface area contributed by atoms with Crippen LogP contribution < -0.4 is 9.47 Å². The van der Waals surface area contributed by atoms with E-state index in [-0.39, 0.29) is 6.10 Å². The number of H-pyrrole nitrogens is 1. The summed E-state index contributed by atoms with van der Waals surface area (Å²) in [6.45, 7) is 2.09. The van der Waals surface area contributed by atoms with Gasteiger partial charge >= 0.3 is 0 Å². The molecule has 2 aromatic heterocycles. The minimum absolute atomic E-state index is 0.00800. The van der Waals surface area contributed by atoms with Crippen molar-refractivity contribution < 1.29 is 9.47 Å². The molecule has 0 fully saturated rings. The number of hydrogen-bond acceptors (Lipinski definition) is 5. The Morgan fingerprint density at radius 1 is 1.16 bits per heavy atom. The second-order valence-corrected chi connectivity index (χ2v) is 6.21.